The van der Waals surface area contributed by atoms with Crippen LogP contribution in [0.25, 0.3) is 0 Å². The molecule has 1 aliphatic rings. The molecule has 1 aromatic heterocycles. The molecular formula is C29H34N4O3. The number of anilines is 3. The number of hydrogen-bond acceptors (Lipinski definition) is 5. The first-order valence-corrected chi connectivity index (χ1v) is 12.4. The van der Waals surface area contributed by atoms with E-state index in [-0.39, 0.29) is 17.7 Å². The van der Waals surface area contributed by atoms with Crippen LogP contribution in [-0.2, 0) is 16.6 Å². The minimum absolute atomic E-state index is 0.0133. The number of carboxylic acids is 1. The zero-order valence-corrected chi connectivity index (χ0v) is 21.2. The molecule has 0 saturated carbocycles. The van der Waals surface area contributed by atoms with Crippen molar-refractivity contribution in [3.63, 3.8) is 0 Å². The van der Waals surface area contributed by atoms with Gasteiger partial charge in [0.1, 0.15) is 5.82 Å². The zero-order valence-electron chi connectivity index (χ0n) is 21.2. The van der Waals surface area contributed by atoms with Crippen LogP contribution in [0.4, 0.5) is 17.2 Å². The van der Waals surface area contributed by atoms with Crippen molar-refractivity contribution in [1.82, 2.24) is 4.98 Å². The second kappa shape index (κ2) is 10.8. The van der Waals surface area contributed by atoms with Gasteiger partial charge in [-0.3, -0.25) is 9.59 Å². The van der Waals surface area contributed by atoms with Crippen molar-refractivity contribution in [3.05, 3.63) is 83.6 Å². The van der Waals surface area contributed by atoms with E-state index in [0.717, 1.165) is 48.9 Å². The van der Waals surface area contributed by atoms with Crippen molar-refractivity contribution in [2.24, 2.45) is 0 Å². The Morgan fingerprint density at radius 3 is 2.25 bits per heavy atom. The van der Waals surface area contributed by atoms with E-state index in [0.29, 0.717) is 12.0 Å². The summed E-state index contributed by atoms with van der Waals surface area (Å²) in [7, 11) is 0. The molecule has 36 heavy (non-hydrogen) atoms. The van der Waals surface area contributed by atoms with Gasteiger partial charge >= 0.3 is 5.97 Å². The Balaban J connectivity index is 1.31. The first kappa shape index (κ1) is 25.2. The highest BCUT2D eigenvalue weighted by Gasteiger charge is 2.19. The van der Waals surface area contributed by atoms with Gasteiger partial charge in [-0.15, -0.1) is 0 Å². The predicted octanol–water partition coefficient (Wildman–Crippen LogP) is 4.98. The highest BCUT2D eigenvalue weighted by atomic mass is 16.4. The average Bonchev–Trinajstić information content (AvgIpc) is 2.88. The molecule has 0 aliphatic carbocycles. The van der Waals surface area contributed by atoms with Gasteiger partial charge in [0.05, 0.1) is 5.56 Å². The first-order valence-electron chi connectivity index (χ1n) is 12.4. The van der Waals surface area contributed by atoms with E-state index < -0.39 is 5.97 Å². The smallest absolute Gasteiger partial charge is 0.303 e. The number of aromatic nitrogens is 1. The summed E-state index contributed by atoms with van der Waals surface area (Å²) in [6, 6.07) is 19.8. The Morgan fingerprint density at radius 2 is 1.64 bits per heavy atom. The second-order valence-electron chi connectivity index (χ2n) is 10.2. The van der Waals surface area contributed by atoms with Gasteiger partial charge in [-0.25, -0.2) is 4.98 Å². The van der Waals surface area contributed by atoms with E-state index in [4.69, 9.17) is 5.11 Å². The molecule has 0 spiro atoms. The van der Waals surface area contributed by atoms with Gasteiger partial charge in [0.2, 0.25) is 0 Å². The van der Waals surface area contributed by atoms with Gasteiger partial charge in [-0.05, 0) is 59.4 Å². The minimum Gasteiger partial charge on any atom is -0.481 e. The van der Waals surface area contributed by atoms with Crippen molar-refractivity contribution in [1.29, 1.82) is 0 Å². The largest absolute Gasteiger partial charge is 0.481 e. The number of nitrogens with one attached hydrogen (secondary N) is 1. The Labute approximate surface area is 212 Å². The molecule has 4 rings (SSSR count). The van der Waals surface area contributed by atoms with E-state index in [9.17, 15) is 9.59 Å². The quantitative estimate of drug-likeness (QED) is 0.490. The van der Waals surface area contributed by atoms with Gasteiger partial charge in [-0.2, -0.15) is 0 Å². The molecule has 1 aliphatic heterocycles. The van der Waals surface area contributed by atoms with Crippen LogP contribution in [0, 0.1) is 0 Å². The fraction of sp³-hybridized carbons (Fsp3) is 0.345. The number of benzene rings is 2. The molecule has 0 unspecified atom stereocenters. The summed E-state index contributed by atoms with van der Waals surface area (Å²) in [4.78, 5) is 32.6. The van der Waals surface area contributed by atoms with Gasteiger partial charge in [-0.1, -0.05) is 45.0 Å². The molecule has 0 atom stereocenters. The average molecular weight is 487 g/mol. The molecule has 1 saturated heterocycles. The van der Waals surface area contributed by atoms with Crippen LogP contribution < -0.4 is 15.1 Å². The lowest BCUT2D eigenvalue weighted by molar-refractivity contribution is -0.136. The molecular weight excluding hydrogens is 452 g/mol. The highest BCUT2D eigenvalue weighted by molar-refractivity contribution is 6.04. The lowest BCUT2D eigenvalue weighted by atomic mass is 9.87. The lowest BCUT2D eigenvalue weighted by Gasteiger charge is -2.36. The molecule has 0 bridgehead atoms. The van der Waals surface area contributed by atoms with Crippen LogP contribution in [0.1, 0.15) is 48.7 Å². The summed E-state index contributed by atoms with van der Waals surface area (Å²) in [5, 5.41) is 11.8. The maximum absolute atomic E-state index is 12.8. The third-order valence-corrected chi connectivity index (χ3v) is 6.53. The lowest BCUT2D eigenvalue weighted by Crippen LogP contribution is -2.46. The number of nitrogens with zero attached hydrogens (tertiary/aromatic N) is 3. The maximum atomic E-state index is 12.8. The van der Waals surface area contributed by atoms with Crippen LogP contribution in [0.2, 0.25) is 0 Å². The summed E-state index contributed by atoms with van der Waals surface area (Å²) >= 11 is 0. The van der Waals surface area contributed by atoms with Crippen LogP contribution >= 0.6 is 0 Å². The van der Waals surface area contributed by atoms with Gasteiger partial charge in [0.15, 0.2) is 0 Å². The number of carboxylic acid groups (broad SMARTS) is 1. The Bertz CT molecular complexity index is 1190. The van der Waals surface area contributed by atoms with E-state index >= 15 is 0 Å². The SMILES string of the molecule is CC(C)(C)c1cccc(NC(=O)c2ccc(N3CCN(c4ccc(CCC(=O)O)cc4)CC3)nc2)c1. The van der Waals surface area contributed by atoms with Gasteiger partial charge in [0.25, 0.3) is 5.91 Å². The standard InChI is InChI=1S/C29H34N4O3/c1-29(2,3)23-5-4-6-24(19-23)31-28(36)22-10-13-26(30-20-22)33-17-15-32(16-18-33)25-11-7-21(8-12-25)9-14-27(34)35/h4-8,10-13,19-20H,9,14-18H2,1-3H3,(H,31,36)(H,34,35). The molecule has 1 amide bonds. The van der Waals surface area contributed by atoms with E-state index in [1.54, 1.807) is 6.20 Å². The molecule has 3 aromatic rings. The molecule has 2 heterocycles. The number of piperazine rings is 1. The zero-order chi connectivity index (χ0) is 25.7. The molecule has 2 N–H and O–H groups in total. The molecule has 7 heteroatoms. The van der Waals surface area contributed by atoms with Gasteiger partial charge < -0.3 is 20.2 Å². The van der Waals surface area contributed by atoms with Crippen molar-refractivity contribution < 1.29 is 14.7 Å². The van der Waals surface area contributed by atoms with Gasteiger partial charge in [0, 0.05) is 50.2 Å². The Hall–Kier alpha value is -3.87. The van der Waals surface area contributed by atoms with Crippen LogP contribution in [0.5, 0.6) is 0 Å². The molecule has 7 nitrogen and oxygen atoms in total. The summed E-state index contributed by atoms with van der Waals surface area (Å²) in [6.07, 6.45) is 2.34. The number of carbonyl (C=O) groups excluding carboxylic acids is 1. The van der Waals surface area contributed by atoms with Crippen molar-refractivity contribution in [2.45, 2.75) is 39.0 Å². The molecule has 0 radical (unpaired) electrons. The normalized spacial score (nSPS) is 14.0. The number of carbonyl (C=O) groups is 2. The fourth-order valence-corrected chi connectivity index (χ4v) is 4.29. The van der Waals surface area contributed by atoms with E-state index in [2.05, 4.69) is 59.1 Å². The van der Waals surface area contributed by atoms with Crippen LogP contribution in [0.3, 0.4) is 0 Å². The number of hydrogen-bond donors (Lipinski definition) is 2. The Morgan fingerprint density at radius 1 is 0.944 bits per heavy atom. The summed E-state index contributed by atoms with van der Waals surface area (Å²) in [6.45, 7) is 9.84. The number of rotatable bonds is 7. The minimum atomic E-state index is -0.775. The number of aliphatic carboxylic acids is 1. The van der Waals surface area contributed by atoms with Crippen molar-refractivity contribution in [3.8, 4) is 0 Å². The summed E-state index contributed by atoms with van der Waals surface area (Å²) in [5.41, 5.74) is 4.67. The first-order chi connectivity index (χ1) is 17.2. The monoisotopic (exact) mass is 486 g/mol. The van der Waals surface area contributed by atoms with Crippen molar-refractivity contribution in [2.75, 3.05) is 41.3 Å². The van der Waals surface area contributed by atoms with Crippen LogP contribution in [0.15, 0.2) is 66.9 Å². The Kier molecular flexibility index (Phi) is 7.58. The highest BCUT2D eigenvalue weighted by Crippen LogP contribution is 2.25. The van der Waals surface area contributed by atoms with E-state index in [1.807, 2.05) is 42.5 Å². The second-order valence-corrected chi connectivity index (χ2v) is 10.2. The third-order valence-electron chi connectivity index (χ3n) is 6.53. The molecule has 188 valence electrons. The third kappa shape index (κ3) is 6.42. The summed E-state index contributed by atoms with van der Waals surface area (Å²) in [5.74, 6) is -0.0787. The summed E-state index contributed by atoms with van der Waals surface area (Å²) < 4.78 is 0. The fourth-order valence-electron chi connectivity index (χ4n) is 4.29. The number of pyridine rings is 1. The van der Waals surface area contributed by atoms with Crippen LogP contribution in [-0.4, -0.2) is 48.1 Å². The number of aryl methyl sites for hydroxylation is 1. The van der Waals surface area contributed by atoms with E-state index in [1.165, 1.54) is 5.56 Å². The maximum Gasteiger partial charge on any atom is 0.303 e. The predicted molar refractivity (Wildman–Crippen MR) is 144 cm³/mol. The van der Waals surface area contributed by atoms with Crippen molar-refractivity contribution >= 4 is 29.1 Å². The molecule has 1 fully saturated rings. The number of amides is 1. The topological polar surface area (TPSA) is 85.8 Å². The molecule has 2 aromatic carbocycles.